The lowest BCUT2D eigenvalue weighted by Gasteiger charge is -2.01. The third-order valence-corrected chi connectivity index (χ3v) is 2.63. The van der Waals surface area contributed by atoms with E-state index >= 15 is 0 Å². The van der Waals surface area contributed by atoms with Gasteiger partial charge in [-0.3, -0.25) is 9.78 Å². The zero-order valence-corrected chi connectivity index (χ0v) is 9.06. The van der Waals surface area contributed by atoms with E-state index in [1.165, 1.54) is 0 Å². The Morgan fingerprint density at radius 2 is 1.79 bits per heavy atom. The first kappa shape index (κ1) is 9.71. The maximum Gasteiger partial charge on any atom is 0.261 e. The molecule has 72 valence electrons. The van der Waals surface area contributed by atoms with Crippen molar-refractivity contribution in [1.29, 1.82) is 0 Å². The van der Waals surface area contributed by atoms with Gasteiger partial charge in [-0.2, -0.15) is 0 Å². The Morgan fingerprint density at radius 1 is 1.14 bits per heavy atom. The molecule has 6 heteroatoms. The number of fused-ring (bicyclic) bond motifs is 1. The van der Waals surface area contributed by atoms with E-state index in [0.717, 1.165) is 0 Å². The van der Waals surface area contributed by atoms with E-state index in [9.17, 15) is 4.79 Å². The van der Waals surface area contributed by atoms with Gasteiger partial charge in [0.25, 0.3) is 5.56 Å². The van der Waals surface area contributed by atoms with Gasteiger partial charge >= 0.3 is 0 Å². The number of H-pyrrole nitrogens is 2. The second kappa shape index (κ2) is 3.38. The Kier molecular flexibility index (Phi) is 2.34. The van der Waals surface area contributed by atoms with Crippen LogP contribution in [0.25, 0.3) is 10.9 Å². The maximum atomic E-state index is 11.5. The highest BCUT2D eigenvalue weighted by Gasteiger charge is 2.07. The van der Waals surface area contributed by atoms with E-state index in [0.29, 0.717) is 20.9 Å². The van der Waals surface area contributed by atoms with Crippen LogP contribution in [0.3, 0.4) is 0 Å². The van der Waals surface area contributed by atoms with E-state index in [1.807, 2.05) is 0 Å². The van der Waals surface area contributed by atoms with Crippen LogP contribution in [0.15, 0.2) is 16.9 Å². The smallest absolute Gasteiger partial charge is 0.261 e. The summed E-state index contributed by atoms with van der Waals surface area (Å²) in [5.74, 6) is 0. The highest BCUT2D eigenvalue weighted by molar-refractivity contribution is 7.71. The number of rotatable bonds is 0. The minimum absolute atomic E-state index is 0.228. The van der Waals surface area contributed by atoms with Crippen LogP contribution in [-0.2, 0) is 0 Å². The first-order chi connectivity index (χ1) is 6.59. The van der Waals surface area contributed by atoms with Gasteiger partial charge in [0.15, 0.2) is 4.77 Å². The molecule has 3 nitrogen and oxygen atoms in total. The van der Waals surface area contributed by atoms with Crippen molar-refractivity contribution < 1.29 is 0 Å². The van der Waals surface area contributed by atoms with Crippen LogP contribution >= 0.6 is 35.4 Å². The molecule has 0 aliphatic rings. The molecule has 0 radical (unpaired) electrons. The SMILES string of the molecule is O=c1[nH]c(=S)[nH]c2c(Cl)ccc(Cl)c12. The second-order valence-electron chi connectivity index (χ2n) is 2.69. The van der Waals surface area contributed by atoms with Crippen LogP contribution in [0.2, 0.25) is 10.0 Å². The summed E-state index contributed by atoms with van der Waals surface area (Å²) in [5, 5.41) is 1.09. The molecule has 0 saturated carbocycles. The summed E-state index contributed by atoms with van der Waals surface area (Å²) in [6.07, 6.45) is 0. The minimum Gasteiger partial charge on any atom is -0.330 e. The summed E-state index contributed by atoms with van der Waals surface area (Å²) in [7, 11) is 0. The lowest BCUT2D eigenvalue weighted by molar-refractivity contribution is 1.14. The van der Waals surface area contributed by atoms with E-state index in [-0.39, 0.29) is 10.3 Å². The monoisotopic (exact) mass is 246 g/mol. The molecular formula is C8H4Cl2N2OS. The zero-order chi connectivity index (χ0) is 10.3. The zero-order valence-electron chi connectivity index (χ0n) is 6.73. The largest absolute Gasteiger partial charge is 0.330 e. The summed E-state index contributed by atoms with van der Waals surface area (Å²) in [6, 6.07) is 3.18. The summed E-state index contributed by atoms with van der Waals surface area (Å²) < 4.78 is 0.228. The van der Waals surface area contributed by atoms with Crippen molar-refractivity contribution in [1.82, 2.24) is 9.97 Å². The van der Waals surface area contributed by atoms with Crippen LogP contribution in [-0.4, -0.2) is 9.97 Å². The summed E-state index contributed by atoms with van der Waals surface area (Å²) in [5.41, 5.74) is 0.129. The third kappa shape index (κ3) is 1.45. The molecule has 14 heavy (non-hydrogen) atoms. The van der Waals surface area contributed by atoms with Crippen molar-refractivity contribution in [3.63, 3.8) is 0 Å². The first-order valence-electron chi connectivity index (χ1n) is 3.70. The molecule has 2 rings (SSSR count). The predicted octanol–water partition coefficient (Wildman–Crippen LogP) is 2.89. The van der Waals surface area contributed by atoms with Crippen molar-refractivity contribution in [2.75, 3.05) is 0 Å². The second-order valence-corrected chi connectivity index (χ2v) is 3.91. The van der Waals surface area contributed by atoms with Crippen molar-refractivity contribution in [2.45, 2.75) is 0 Å². The molecule has 0 fully saturated rings. The molecule has 0 aliphatic heterocycles. The highest BCUT2D eigenvalue weighted by Crippen LogP contribution is 2.24. The summed E-state index contributed by atoms with van der Waals surface area (Å²) in [4.78, 5) is 16.7. The molecule has 0 amide bonds. The number of hydrogen-bond acceptors (Lipinski definition) is 2. The summed E-state index contributed by atoms with van der Waals surface area (Å²) in [6.45, 7) is 0. The number of benzene rings is 1. The normalized spacial score (nSPS) is 10.7. The van der Waals surface area contributed by atoms with Gasteiger partial charge in [0.2, 0.25) is 0 Å². The molecule has 1 heterocycles. The van der Waals surface area contributed by atoms with Gasteiger partial charge in [-0.15, -0.1) is 0 Å². The van der Waals surface area contributed by atoms with Gasteiger partial charge in [0.05, 0.1) is 20.9 Å². The molecule has 0 saturated heterocycles. The van der Waals surface area contributed by atoms with Crippen molar-refractivity contribution >= 4 is 46.3 Å². The quantitative estimate of drug-likeness (QED) is 0.703. The lowest BCUT2D eigenvalue weighted by Crippen LogP contribution is -2.08. The maximum absolute atomic E-state index is 11.5. The lowest BCUT2D eigenvalue weighted by atomic mass is 10.2. The van der Waals surface area contributed by atoms with Crippen LogP contribution in [0.4, 0.5) is 0 Å². The first-order valence-corrected chi connectivity index (χ1v) is 4.86. The molecule has 0 atom stereocenters. The van der Waals surface area contributed by atoms with Crippen molar-refractivity contribution in [3.8, 4) is 0 Å². The predicted molar refractivity (Wildman–Crippen MR) is 59.8 cm³/mol. The fourth-order valence-electron chi connectivity index (χ4n) is 1.21. The van der Waals surface area contributed by atoms with E-state index in [1.54, 1.807) is 12.1 Å². The fourth-order valence-corrected chi connectivity index (χ4v) is 1.85. The average molecular weight is 247 g/mol. The number of aromatic nitrogens is 2. The van der Waals surface area contributed by atoms with Gasteiger partial charge in [0, 0.05) is 0 Å². The van der Waals surface area contributed by atoms with Gasteiger partial charge in [-0.25, -0.2) is 0 Å². The molecule has 0 bridgehead atoms. The number of hydrogen-bond donors (Lipinski definition) is 2. The van der Waals surface area contributed by atoms with Crippen molar-refractivity contribution in [2.24, 2.45) is 0 Å². The van der Waals surface area contributed by atoms with Crippen LogP contribution in [0.5, 0.6) is 0 Å². The van der Waals surface area contributed by atoms with Gasteiger partial charge in [-0.05, 0) is 24.4 Å². The Labute approximate surface area is 93.7 Å². The van der Waals surface area contributed by atoms with Crippen LogP contribution in [0.1, 0.15) is 0 Å². The van der Waals surface area contributed by atoms with E-state index in [4.69, 9.17) is 35.4 Å². The molecule has 0 unspecified atom stereocenters. The van der Waals surface area contributed by atoms with Crippen LogP contribution in [0, 0.1) is 4.77 Å². The molecule has 0 spiro atoms. The number of nitrogens with one attached hydrogen (secondary N) is 2. The molecule has 1 aromatic heterocycles. The fraction of sp³-hybridized carbons (Fsp3) is 0. The highest BCUT2D eigenvalue weighted by atomic mass is 35.5. The molecule has 2 N–H and O–H groups in total. The Balaban J connectivity index is 3.16. The number of aromatic amines is 2. The Hall–Kier alpha value is -0.840. The molecular weight excluding hydrogens is 243 g/mol. The number of halogens is 2. The Bertz CT molecular complexity index is 617. The van der Waals surface area contributed by atoms with Gasteiger partial charge in [-0.1, -0.05) is 23.2 Å². The third-order valence-electron chi connectivity index (χ3n) is 1.80. The van der Waals surface area contributed by atoms with Crippen LogP contribution < -0.4 is 5.56 Å². The Morgan fingerprint density at radius 3 is 2.50 bits per heavy atom. The van der Waals surface area contributed by atoms with Gasteiger partial charge < -0.3 is 4.98 Å². The van der Waals surface area contributed by atoms with E-state index < -0.39 is 0 Å². The van der Waals surface area contributed by atoms with E-state index in [2.05, 4.69) is 9.97 Å². The molecule has 0 aliphatic carbocycles. The average Bonchev–Trinajstić information content (AvgIpc) is 2.10. The summed E-state index contributed by atoms with van der Waals surface area (Å²) >= 11 is 16.6. The minimum atomic E-state index is -0.337. The van der Waals surface area contributed by atoms with Gasteiger partial charge in [0.1, 0.15) is 0 Å². The van der Waals surface area contributed by atoms with Crippen molar-refractivity contribution in [3.05, 3.63) is 37.3 Å². The standard InChI is InChI=1S/C8H4Cl2N2OS/c9-3-1-2-4(10)6-5(3)7(13)12-8(14)11-6/h1-2H,(H2,11,12,13,14). The molecule has 1 aromatic carbocycles. The topological polar surface area (TPSA) is 48.6 Å². The molecule has 2 aromatic rings.